The maximum Gasteiger partial charge on any atom is 0.185 e. The van der Waals surface area contributed by atoms with Gasteiger partial charge in [-0.2, -0.15) is 0 Å². The van der Waals surface area contributed by atoms with E-state index in [4.69, 9.17) is 0 Å². The SMILES string of the molecule is CCC1CCC(NCc2cnc(N(CC)CC)s2)C1C. The Balaban J connectivity index is 1.86. The summed E-state index contributed by atoms with van der Waals surface area (Å²) in [5, 5.41) is 4.92. The molecule has 4 heteroatoms. The molecule has 0 radical (unpaired) electrons. The minimum atomic E-state index is 0.693. The molecule has 0 aromatic carbocycles. The Hall–Kier alpha value is -0.610. The van der Waals surface area contributed by atoms with E-state index in [9.17, 15) is 0 Å². The van der Waals surface area contributed by atoms with Crippen molar-refractivity contribution in [3.05, 3.63) is 11.1 Å². The highest BCUT2D eigenvalue weighted by Crippen LogP contribution is 2.34. The molecular formula is C16H29N3S. The first-order valence-corrected chi connectivity index (χ1v) is 8.94. The maximum atomic E-state index is 4.56. The van der Waals surface area contributed by atoms with Crippen LogP contribution in [0.1, 0.15) is 51.8 Å². The number of hydrogen-bond donors (Lipinski definition) is 1. The van der Waals surface area contributed by atoms with E-state index < -0.39 is 0 Å². The summed E-state index contributed by atoms with van der Waals surface area (Å²) < 4.78 is 0. The van der Waals surface area contributed by atoms with Gasteiger partial charge in [0.05, 0.1) is 0 Å². The van der Waals surface area contributed by atoms with Crippen LogP contribution in [0.15, 0.2) is 6.20 Å². The lowest BCUT2D eigenvalue weighted by Gasteiger charge is -2.20. The largest absolute Gasteiger partial charge is 0.349 e. The van der Waals surface area contributed by atoms with Crippen LogP contribution in [0.2, 0.25) is 0 Å². The fraction of sp³-hybridized carbons (Fsp3) is 0.812. The Morgan fingerprint density at radius 1 is 1.30 bits per heavy atom. The van der Waals surface area contributed by atoms with Gasteiger partial charge >= 0.3 is 0 Å². The standard InChI is InChI=1S/C16H29N3S/c1-5-13-8-9-15(12(13)4)17-10-14-11-18-16(20-14)19(6-2)7-3/h11-13,15,17H,5-10H2,1-4H3. The fourth-order valence-corrected chi connectivity index (χ4v) is 4.35. The lowest BCUT2D eigenvalue weighted by atomic mass is 9.93. The van der Waals surface area contributed by atoms with Crippen molar-refractivity contribution in [1.29, 1.82) is 0 Å². The van der Waals surface area contributed by atoms with Gasteiger partial charge in [0.25, 0.3) is 0 Å². The molecule has 1 N–H and O–H groups in total. The highest BCUT2D eigenvalue weighted by molar-refractivity contribution is 7.15. The van der Waals surface area contributed by atoms with Gasteiger partial charge in [0.15, 0.2) is 5.13 Å². The summed E-state index contributed by atoms with van der Waals surface area (Å²) in [6.07, 6.45) is 6.10. The van der Waals surface area contributed by atoms with Gasteiger partial charge in [-0.3, -0.25) is 0 Å². The van der Waals surface area contributed by atoms with Crippen molar-refractivity contribution in [1.82, 2.24) is 10.3 Å². The normalized spacial score (nSPS) is 26.1. The van der Waals surface area contributed by atoms with Crippen LogP contribution >= 0.6 is 11.3 Å². The van der Waals surface area contributed by atoms with E-state index in [1.807, 2.05) is 17.5 Å². The lowest BCUT2D eigenvalue weighted by Crippen LogP contribution is -2.31. The molecule has 3 atom stereocenters. The average Bonchev–Trinajstić information content (AvgIpc) is 3.05. The molecule has 1 aromatic heterocycles. The number of hydrogen-bond acceptors (Lipinski definition) is 4. The number of anilines is 1. The van der Waals surface area contributed by atoms with Gasteiger partial charge in [0, 0.05) is 36.8 Å². The number of aromatic nitrogens is 1. The number of nitrogens with one attached hydrogen (secondary N) is 1. The van der Waals surface area contributed by atoms with Gasteiger partial charge in [-0.15, -0.1) is 11.3 Å². The molecule has 1 aromatic rings. The molecule has 3 unspecified atom stereocenters. The molecule has 0 spiro atoms. The van der Waals surface area contributed by atoms with Crippen LogP contribution in [-0.4, -0.2) is 24.1 Å². The quantitative estimate of drug-likeness (QED) is 0.827. The fourth-order valence-electron chi connectivity index (χ4n) is 3.36. The van der Waals surface area contributed by atoms with Gasteiger partial charge in [-0.1, -0.05) is 20.3 Å². The van der Waals surface area contributed by atoms with Gasteiger partial charge in [0.1, 0.15) is 0 Å². The molecule has 0 amide bonds. The first-order chi connectivity index (χ1) is 9.69. The summed E-state index contributed by atoms with van der Waals surface area (Å²) in [6, 6.07) is 0.693. The van der Waals surface area contributed by atoms with Crippen LogP contribution in [0.3, 0.4) is 0 Å². The molecule has 3 nitrogen and oxygen atoms in total. The van der Waals surface area contributed by atoms with Gasteiger partial charge in [0.2, 0.25) is 0 Å². The summed E-state index contributed by atoms with van der Waals surface area (Å²) in [5.74, 6) is 1.73. The second-order valence-electron chi connectivity index (χ2n) is 5.87. The summed E-state index contributed by atoms with van der Waals surface area (Å²) in [7, 11) is 0. The summed E-state index contributed by atoms with van der Waals surface area (Å²) in [5.41, 5.74) is 0. The van der Waals surface area contributed by atoms with E-state index in [2.05, 4.69) is 42.9 Å². The third kappa shape index (κ3) is 3.53. The number of thiazole rings is 1. The van der Waals surface area contributed by atoms with Crippen LogP contribution in [0, 0.1) is 11.8 Å². The van der Waals surface area contributed by atoms with Crippen molar-refractivity contribution in [3.8, 4) is 0 Å². The number of nitrogens with zero attached hydrogens (tertiary/aromatic N) is 2. The van der Waals surface area contributed by atoms with Crippen molar-refractivity contribution in [3.63, 3.8) is 0 Å². The molecule has 20 heavy (non-hydrogen) atoms. The van der Waals surface area contributed by atoms with Gasteiger partial charge in [-0.05, 0) is 38.5 Å². The Labute approximate surface area is 127 Å². The Morgan fingerprint density at radius 2 is 2.05 bits per heavy atom. The van der Waals surface area contributed by atoms with Crippen molar-refractivity contribution < 1.29 is 0 Å². The first-order valence-electron chi connectivity index (χ1n) is 8.12. The predicted octanol–water partition coefficient (Wildman–Crippen LogP) is 3.90. The van der Waals surface area contributed by atoms with E-state index >= 15 is 0 Å². The summed E-state index contributed by atoms with van der Waals surface area (Å²) in [6.45, 7) is 12.2. The van der Waals surface area contributed by atoms with Crippen molar-refractivity contribution >= 4 is 16.5 Å². The lowest BCUT2D eigenvalue weighted by molar-refractivity contribution is 0.345. The van der Waals surface area contributed by atoms with Crippen LogP contribution in [-0.2, 0) is 6.54 Å². The Kier molecular flexibility index (Phi) is 5.85. The summed E-state index contributed by atoms with van der Waals surface area (Å²) in [4.78, 5) is 8.24. The van der Waals surface area contributed by atoms with Crippen LogP contribution < -0.4 is 10.2 Å². The minimum absolute atomic E-state index is 0.693. The first kappa shape index (κ1) is 15.8. The zero-order valence-corrected chi connectivity index (χ0v) is 14.2. The topological polar surface area (TPSA) is 28.2 Å². The second-order valence-corrected chi connectivity index (χ2v) is 6.97. The predicted molar refractivity (Wildman–Crippen MR) is 88.5 cm³/mol. The molecule has 1 aliphatic rings. The molecule has 1 fully saturated rings. The molecule has 0 bridgehead atoms. The summed E-state index contributed by atoms with van der Waals surface area (Å²) >= 11 is 1.83. The Morgan fingerprint density at radius 3 is 2.65 bits per heavy atom. The highest BCUT2D eigenvalue weighted by atomic mass is 32.1. The zero-order chi connectivity index (χ0) is 14.5. The molecule has 2 rings (SSSR count). The zero-order valence-electron chi connectivity index (χ0n) is 13.4. The second kappa shape index (κ2) is 7.41. The van der Waals surface area contributed by atoms with Crippen LogP contribution in [0.5, 0.6) is 0 Å². The van der Waals surface area contributed by atoms with E-state index in [-0.39, 0.29) is 0 Å². The molecule has 114 valence electrons. The molecule has 1 aliphatic carbocycles. The van der Waals surface area contributed by atoms with E-state index in [1.165, 1.54) is 24.1 Å². The van der Waals surface area contributed by atoms with Crippen molar-refractivity contribution in [2.24, 2.45) is 11.8 Å². The van der Waals surface area contributed by atoms with Crippen molar-refractivity contribution in [2.75, 3.05) is 18.0 Å². The third-order valence-electron chi connectivity index (χ3n) is 4.86. The number of rotatable bonds is 7. The smallest absolute Gasteiger partial charge is 0.185 e. The molecule has 0 saturated heterocycles. The minimum Gasteiger partial charge on any atom is -0.349 e. The molecule has 0 aliphatic heterocycles. The van der Waals surface area contributed by atoms with Crippen LogP contribution in [0.4, 0.5) is 5.13 Å². The third-order valence-corrected chi connectivity index (χ3v) is 5.92. The van der Waals surface area contributed by atoms with Gasteiger partial charge in [-0.25, -0.2) is 4.98 Å². The molecule has 1 saturated carbocycles. The highest BCUT2D eigenvalue weighted by Gasteiger charge is 2.30. The van der Waals surface area contributed by atoms with Crippen molar-refractivity contribution in [2.45, 2.75) is 59.5 Å². The van der Waals surface area contributed by atoms with Gasteiger partial charge < -0.3 is 10.2 Å². The van der Waals surface area contributed by atoms with Crippen LogP contribution in [0.25, 0.3) is 0 Å². The molecule has 1 heterocycles. The average molecular weight is 295 g/mol. The van der Waals surface area contributed by atoms with E-state index in [0.29, 0.717) is 6.04 Å². The Bertz CT molecular complexity index is 400. The maximum absolute atomic E-state index is 4.56. The molecular weight excluding hydrogens is 266 g/mol. The monoisotopic (exact) mass is 295 g/mol. The van der Waals surface area contributed by atoms with E-state index in [0.717, 1.165) is 36.6 Å². The van der Waals surface area contributed by atoms with E-state index in [1.54, 1.807) is 0 Å².